The van der Waals surface area contributed by atoms with Crippen LogP contribution in [-0.4, -0.2) is 33.8 Å². The minimum atomic E-state index is 0.0553. The van der Waals surface area contributed by atoms with Gasteiger partial charge in [-0.15, -0.1) is 10.2 Å². The molecule has 25 heavy (non-hydrogen) atoms. The number of nitrogens with zero attached hydrogens (tertiary/aromatic N) is 3. The Morgan fingerprint density at radius 2 is 1.72 bits per heavy atom. The Labute approximate surface area is 146 Å². The monoisotopic (exact) mass is 335 g/mol. The molecule has 0 radical (unpaired) electrons. The Morgan fingerprint density at radius 1 is 0.920 bits per heavy atom. The Hall–Kier alpha value is -3.15. The summed E-state index contributed by atoms with van der Waals surface area (Å²) < 4.78 is 1.89. The van der Waals surface area contributed by atoms with Crippen LogP contribution in [0.5, 0.6) is 0 Å². The van der Waals surface area contributed by atoms with Gasteiger partial charge < -0.3 is 15.2 Å². The molecule has 2 heterocycles. The Kier molecular flexibility index (Phi) is 5.77. The molecule has 0 fully saturated rings. The van der Waals surface area contributed by atoms with Crippen molar-refractivity contribution < 1.29 is 4.79 Å². The normalized spacial score (nSPS) is 10.4. The van der Waals surface area contributed by atoms with Gasteiger partial charge in [0.05, 0.1) is 0 Å². The third kappa shape index (κ3) is 5.17. The minimum absolute atomic E-state index is 0.0553. The first-order valence-electron chi connectivity index (χ1n) is 8.33. The molecule has 128 valence electrons. The summed E-state index contributed by atoms with van der Waals surface area (Å²) in [6, 6.07) is 17.7. The van der Waals surface area contributed by atoms with Crippen LogP contribution < -0.4 is 10.6 Å². The van der Waals surface area contributed by atoms with Crippen LogP contribution in [0.3, 0.4) is 0 Å². The van der Waals surface area contributed by atoms with Gasteiger partial charge in [-0.3, -0.25) is 4.79 Å². The molecule has 0 saturated heterocycles. The zero-order valence-electron chi connectivity index (χ0n) is 13.9. The van der Waals surface area contributed by atoms with Crippen LogP contribution in [0.1, 0.15) is 12.0 Å². The van der Waals surface area contributed by atoms with Gasteiger partial charge in [0, 0.05) is 31.9 Å². The number of carbonyl (C=O) groups excluding carboxylic acids is 1. The Morgan fingerprint density at radius 3 is 2.44 bits per heavy atom. The quantitative estimate of drug-likeness (QED) is 0.620. The standard InChI is InChI=1S/C19H21N5O/c25-19(11-8-16-6-2-1-3-7-16)21-13-12-20-17-9-10-18(23-22-17)24-14-4-5-15-24/h1-7,9-10,14-15H,8,11-13H2,(H,20,22)(H,21,25). The predicted molar refractivity (Wildman–Crippen MR) is 97.6 cm³/mol. The fourth-order valence-electron chi connectivity index (χ4n) is 2.43. The van der Waals surface area contributed by atoms with E-state index in [1.54, 1.807) is 0 Å². The van der Waals surface area contributed by atoms with E-state index in [0.29, 0.717) is 25.3 Å². The molecule has 0 bridgehead atoms. The number of rotatable bonds is 8. The summed E-state index contributed by atoms with van der Waals surface area (Å²) in [5.74, 6) is 1.51. The maximum absolute atomic E-state index is 11.8. The van der Waals surface area contributed by atoms with Crippen molar-refractivity contribution in [3.63, 3.8) is 0 Å². The summed E-state index contributed by atoms with van der Waals surface area (Å²) in [5, 5.41) is 14.3. The molecule has 0 aliphatic carbocycles. The highest BCUT2D eigenvalue weighted by Crippen LogP contribution is 2.06. The molecule has 3 aromatic rings. The molecule has 0 aliphatic rings. The van der Waals surface area contributed by atoms with E-state index in [1.807, 2.05) is 71.6 Å². The highest BCUT2D eigenvalue weighted by Gasteiger charge is 2.02. The summed E-state index contributed by atoms with van der Waals surface area (Å²) in [6.45, 7) is 1.16. The van der Waals surface area contributed by atoms with Gasteiger partial charge in [0.1, 0.15) is 5.82 Å². The number of anilines is 1. The van der Waals surface area contributed by atoms with Crippen molar-refractivity contribution in [1.29, 1.82) is 0 Å². The van der Waals surface area contributed by atoms with Gasteiger partial charge in [0.15, 0.2) is 5.82 Å². The maximum Gasteiger partial charge on any atom is 0.220 e. The van der Waals surface area contributed by atoms with E-state index >= 15 is 0 Å². The van der Waals surface area contributed by atoms with Crippen molar-refractivity contribution in [1.82, 2.24) is 20.1 Å². The molecule has 1 amide bonds. The van der Waals surface area contributed by atoms with Crippen LogP contribution in [0.25, 0.3) is 5.82 Å². The third-order valence-electron chi connectivity index (χ3n) is 3.76. The summed E-state index contributed by atoms with van der Waals surface area (Å²) in [7, 11) is 0. The largest absolute Gasteiger partial charge is 0.367 e. The number of aryl methyl sites for hydroxylation is 1. The van der Waals surface area contributed by atoms with Crippen LogP contribution in [0.4, 0.5) is 5.82 Å². The average molecular weight is 335 g/mol. The van der Waals surface area contributed by atoms with Crippen LogP contribution in [0.15, 0.2) is 67.0 Å². The fraction of sp³-hybridized carbons (Fsp3) is 0.211. The summed E-state index contributed by atoms with van der Waals surface area (Å²) in [4.78, 5) is 11.8. The van der Waals surface area contributed by atoms with Crippen molar-refractivity contribution in [2.75, 3.05) is 18.4 Å². The molecule has 6 nitrogen and oxygen atoms in total. The topological polar surface area (TPSA) is 71.8 Å². The first kappa shape index (κ1) is 16.7. The lowest BCUT2D eigenvalue weighted by Crippen LogP contribution is -2.29. The van der Waals surface area contributed by atoms with E-state index in [-0.39, 0.29) is 5.91 Å². The highest BCUT2D eigenvalue weighted by atomic mass is 16.1. The summed E-state index contributed by atoms with van der Waals surface area (Å²) in [5.41, 5.74) is 1.17. The number of carbonyl (C=O) groups is 1. The van der Waals surface area contributed by atoms with E-state index in [4.69, 9.17) is 0 Å². The lowest BCUT2D eigenvalue weighted by molar-refractivity contribution is -0.120. The van der Waals surface area contributed by atoms with Crippen LogP contribution in [0, 0.1) is 0 Å². The molecule has 6 heteroatoms. The second-order valence-electron chi connectivity index (χ2n) is 5.63. The molecule has 3 rings (SSSR count). The van der Waals surface area contributed by atoms with E-state index in [9.17, 15) is 4.79 Å². The van der Waals surface area contributed by atoms with E-state index in [1.165, 1.54) is 5.56 Å². The van der Waals surface area contributed by atoms with Crippen LogP contribution in [0.2, 0.25) is 0 Å². The molecule has 0 spiro atoms. The van der Waals surface area contributed by atoms with Gasteiger partial charge in [-0.05, 0) is 36.2 Å². The minimum Gasteiger partial charge on any atom is -0.367 e. The summed E-state index contributed by atoms with van der Waals surface area (Å²) >= 11 is 0. The van der Waals surface area contributed by atoms with Gasteiger partial charge in [0.25, 0.3) is 0 Å². The van der Waals surface area contributed by atoms with Crippen LogP contribution in [-0.2, 0) is 11.2 Å². The molecule has 0 aliphatic heterocycles. The third-order valence-corrected chi connectivity index (χ3v) is 3.76. The molecule has 0 saturated carbocycles. The lowest BCUT2D eigenvalue weighted by Gasteiger charge is -2.08. The molecule has 0 unspecified atom stereocenters. The first-order valence-corrected chi connectivity index (χ1v) is 8.33. The van der Waals surface area contributed by atoms with Crippen molar-refractivity contribution in [3.8, 4) is 5.82 Å². The number of amides is 1. The van der Waals surface area contributed by atoms with Crippen molar-refractivity contribution in [2.45, 2.75) is 12.8 Å². The maximum atomic E-state index is 11.8. The molecule has 2 aromatic heterocycles. The highest BCUT2D eigenvalue weighted by molar-refractivity contribution is 5.76. The molecule has 2 N–H and O–H groups in total. The van der Waals surface area contributed by atoms with E-state index in [2.05, 4.69) is 20.8 Å². The van der Waals surface area contributed by atoms with Gasteiger partial charge in [-0.2, -0.15) is 0 Å². The fourth-order valence-corrected chi connectivity index (χ4v) is 2.43. The number of benzene rings is 1. The smallest absolute Gasteiger partial charge is 0.220 e. The van der Waals surface area contributed by atoms with E-state index < -0.39 is 0 Å². The molecule has 0 atom stereocenters. The van der Waals surface area contributed by atoms with Crippen molar-refractivity contribution in [3.05, 3.63) is 72.6 Å². The van der Waals surface area contributed by atoms with Gasteiger partial charge in [-0.1, -0.05) is 30.3 Å². The molecule has 1 aromatic carbocycles. The molecular weight excluding hydrogens is 314 g/mol. The predicted octanol–water partition coefficient (Wildman–Crippen LogP) is 2.43. The first-order chi connectivity index (χ1) is 12.3. The average Bonchev–Trinajstić information content (AvgIpc) is 3.20. The number of hydrogen-bond acceptors (Lipinski definition) is 4. The lowest BCUT2D eigenvalue weighted by atomic mass is 10.1. The van der Waals surface area contributed by atoms with Crippen LogP contribution >= 0.6 is 0 Å². The Balaban J connectivity index is 1.35. The van der Waals surface area contributed by atoms with Crippen molar-refractivity contribution >= 4 is 11.7 Å². The second kappa shape index (κ2) is 8.63. The number of nitrogens with one attached hydrogen (secondary N) is 2. The number of aromatic nitrogens is 3. The molecular formula is C19H21N5O. The van der Waals surface area contributed by atoms with Gasteiger partial charge in [-0.25, -0.2) is 0 Å². The van der Waals surface area contributed by atoms with Gasteiger partial charge in [0.2, 0.25) is 5.91 Å². The summed E-state index contributed by atoms with van der Waals surface area (Å²) in [6.07, 6.45) is 5.09. The Bertz CT molecular complexity index is 769. The SMILES string of the molecule is O=C(CCc1ccccc1)NCCNc1ccc(-n2cccc2)nn1. The number of hydrogen-bond donors (Lipinski definition) is 2. The zero-order valence-corrected chi connectivity index (χ0v) is 13.9. The van der Waals surface area contributed by atoms with E-state index in [0.717, 1.165) is 12.2 Å². The van der Waals surface area contributed by atoms with Gasteiger partial charge >= 0.3 is 0 Å². The second-order valence-corrected chi connectivity index (χ2v) is 5.63. The zero-order chi connectivity index (χ0) is 17.3. The van der Waals surface area contributed by atoms with Crippen molar-refractivity contribution in [2.24, 2.45) is 0 Å².